The Morgan fingerprint density at radius 1 is 1.67 bits per heavy atom. The van der Waals surface area contributed by atoms with Crippen molar-refractivity contribution in [2.45, 2.75) is 0 Å². The molecule has 78 valence electrons. The first-order chi connectivity index (χ1) is 7.06. The molecule has 15 heavy (non-hydrogen) atoms. The van der Waals surface area contributed by atoms with Crippen LogP contribution in [0.3, 0.4) is 0 Å². The highest BCUT2D eigenvalue weighted by atomic mass is 127. The number of amides is 1. The minimum atomic E-state index is -1.08. The predicted octanol–water partition coefficient (Wildman–Crippen LogP) is 3.06. The molecule has 5 heteroatoms. The molecule has 0 atom stereocenters. The van der Waals surface area contributed by atoms with Crippen LogP contribution in [-0.2, 0) is 0 Å². The number of benzene rings is 1. The van der Waals surface area contributed by atoms with E-state index in [-0.39, 0.29) is 6.54 Å². The molecule has 0 saturated heterocycles. The van der Waals surface area contributed by atoms with Crippen LogP contribution < -0.4 is 4.90 Å². The first kappa shape index (κ1) is 12.1. The molecule has 0 heterocycles. The van der Waals surface area contributed by atoms with Crippen LogP contribution in [0.25, 0.3) is 0 Å². The van der Waals surface area contributed by atoms with Crippen molar-refractivity contribution < 1.29 is 9.90 Å². The zero-order chi connectivity index (χ0) is 11.4. The summed E-state index contributed by atoms with van der Waals surface area (Å²) in [4.78, 5) is 12.0. The summed E-state index contributed by atoms with van der Waals surface area (Å²) in [5, 5.41) is 9.50. The van der Waals surface area contributed by atoms with E-state index in [9.17, 15) is 4.79 Å². The summed E-state index contributed by atoms with van der Waals surface area (Å²) in [6, 6.07) is 4.94. The van der Waals surface area contributed by atoms with Crippen molar-refractivity contribution in [2.75, 3.05) is 11.4 Å². The average molecular weight is 336 g/mol. The number of carboxylic acid groups (broad SMARTS) is 1. The summed E-state index contributed by atoms with van der Waals surface area (Å²) in [7, 11) is 0. The fourth-order valence-electron chi connectivity index (χ4n) is 1.01. The molecular weight excluding hydrogens is 328 g/mol. The number of rotatable bonds is 2. The van der Waals surface area contributed by atoms with Crippen LogP contribution in [0, 0.1) is 15.9 Å². The van der Waals surface area contributed by atoms with E-state index < -0.39 is 6.09 Å². The zero-order valence-electron chi connectivity index (χ0n) is 7.58. The van der Waals surface area contributed by atoms with Gasteiger partial charge in [0.05, 0.1) is 11.6 Å². The third-order valence-electron chi connectivity index (χ3n) is 1.70. The van der Waals surface area contributed by atoms with Gasteiger partial charge in [0, 0.05) is 9.26 Å². The lowest BCUT2D eigenvalue weighted by Crippen LogP contribution is -2.29. The summed E-state index contributed by atoms with van der Waals surface area (Å²) in [6.45, 7) is 0.0209. The van der Waals surface area contributed by atoms with Gasteiger partial charge in [-0.05, 0) is 40.8 Å². The van der Waals surface area contributed by atoms with Crippen LogP contribution in [0.5, 0.6) is 0 Å². The van der Waals surface area contributed by atoms with Gasteiger partial charge < -0.3 is 5.11 Å². The predicted molar refractivity (Wildman–Crippen MR) is 68.4 cm³/mol. The SMILES string of the molecule is C#CCN(C(=O)O)c1ccc(Cl)c(I)c1. The van der Waals surface area contributed by atoms with E-state index in [4.69, 9.17) is 23.1 Å². The van der Waals surface area contributed by atoms with Crippen molar-refractivity contribution >= 4 is 46.0 Å². The van der Waals surface area contributed by atoms with Gasteiger partial charge in [-0.25, -0.2) is 4.79 Å². The standard InChI is InChI=1S/C10H7ClINO2/c1-2-5-13(10(14)15)7-3-4-8(11)9(12)6-7/h1,3-4,6H,5H2,(H,14,15). The molecular formula is C10H7ClINO2. The Bertz CT molecular complexity index is 428. The minimum Gasteiger partial charge on any atom is -0.465 e. The summed E-state index contributed by atoms with van der Waals surface area (Å²) < 4.78 is 0.787. The molecule has 0 aliphatic rings. The molecule has 3 nitrogen and oxygen atoms in total. The first-order valence-electron chi connectivity index (χ1n) is 3.95. The van der Waals surface area contributed by atoms with Gasteiger partial charge >= 0.3 is 6.09 Å². The fraction of sp³-hybridized carbons (Fsp3) is 0.100. The molecule has 1 amide bonds. The third-order valence-corrected chi connectivity index (χ3v) is 3.24. The molecule has 0 radical (unpaired) electrons. The van der Waals surface area contributed by atoms with Crippen molar-refractivity contribution in [1.29, 1.82) is 0 Å². The third kappa shape index (κ3) is 3.01. The van der Waals surface area contributed by atoms with Gasteiger partial charge in [0.1, 0.15) is 0 Å². The number of anilines is 1. The smallest absolute Gasteiger partial charge is 0.412 e. The van der Waals surface area contributed by atoms with E-state index in [0.717, 1.165) is 8.47 Å². The van der Waals surface area contributed by atoms with Gasteiger partial charge in [0.25, 0.3) is 0 Å². The molecule has 0 aliphatic carbocycles. The maximum absolute atomic E-state index is 10.9. The zero-order valence-corrected chi connectivity index (χ0v) is 10.5. The molecule has 1 rings (SSSR count). The fourth-order valence-corrected chi connectivity index (χ4v) is 1.63. The number of halogens is 2. The van der Waals surface area contributed by atoms with Crippen molar-refractivity contribution in [1.82, 2.24) is 0 Å². The summed E-state index contributed by atoms with van der Waals surface area (Å²) in [6.07, 6.45) is 4.01. The summed E-state index contributed by atoms with van der Waals surface area (Å²) in [5.41, 5.74) is 0.522. The Balaban J connectivity index is 3.07. The van der Waals surface area contributed by atoms with E-state index in [1.807, 2.05) is 22.6 Å². The molecule has 1 aromatic rings. The van der Waals surface area contributed by atoms with Crippen LogP contribution in [0.15, 0.2) is 18.2 Å². The molecule has 0 bridgehead atoms. The van der Waals surface area contributed by atoms with Crippen molar-refractivity contribution in [3.63, 3.8) is 0 Å². The summed E-state index contributed by atoms with van der Waals surface area (Å²) in [5.74, 6) is 2.29. The lowest BCUT2D eigenvalue weighted by Gasteiger charge is -2.16. The maximum atomic E-state index is 10.9. The highest BCUT2D eigenvalue weighted by Gasteiger charge is 2.13. The normalized spacial score (nSPS) is 9.40. The Morgan fingerprint density at radius 2 is 2.33 bits per heavy atom. The largest absolute Gasteiger partial charge is 0.465 e. The van der Waals surface area contributed by atoms with Gasteiger partial charge in [-0.15, -0.1) is 6.42 Å². The number of carbonyl (C=O) groups is 1. The van der Waals surface area contributed by atoms with E-state index in [1.54, 1.807) is 18.2 Å². The molecule has 0 unspecified atom stereocenters. The Hall–Kier alpha value is -0.930. The molecule has 0 spiro atoms. The second-order valence-electron chi connectivity index (χ2n) is 2.67. The molecule has 0 aliphatic heterocycles. The monoisotopic (exact) mass is 335 g/mol. The van der Waals surface area contributed by atoms with Gasteiger partial charge in [-0.3, -0.25) is 4.90 Å². The van der Waals surface area contributed by atoms with E-state index in [1.165, 1.54) is 0 Å². The molecule has 0 saturated carbocycles. The number of terminal acetylenes is 1. The number of nitrogens with zero attached hydrogens (tertiary/aromatic N) is 1. The van der Waals surface area contributed by atoms with Gasteiger partial charge in [0.2, 0.25) is 0 Å². The van der Waals surface area contributed by atoms with E-state index in [2.05, 4.69) is 5.92 Å². The molecule has 1 aromatic carbocycles. The lowest BCUT2D eigenvalue weighted by atomic mass is 10.3. The van der Waals surface area contributed by atoms with Gasteiger partial charge in [0.15, 0.2) is 0 Å². The van der Waals surface area contributed by atoms with E-state index in [0.29, 0.717) is 10.7 Å². The van der Waals surface area contributed by atoms with Gasteiger partial charge in [-0.2, -0.15) is 0 Å². The summed E-state index contributed by atoms with van der Waals surface area (Å²) >= 11 is 7.86. The van der Waals surface area contributed by atoms with Crippen molar-refractivity contribution in [2.24, 2.45) is 0 Å². The van der Waals surface area contributed by atoms with Crippen LogP contribution in [0.4, 0.5) is 10.5 Å². The van der Waals surface area contributed by atoms with Crippen LogP contribution in [0.2, 0.25) is 5.02 Å². The van der Waals surface area contributed by atoms with Crippen molar-refractivity contribution in [3.8, 4) is 12.3 Å². The molecule has 1 N–H and O–H groups in total. The Morgan fingerprint density at radius 3 is 2.80 bits per heavy atom. The first-order valence-corrected chi connectivity index (χ1v) is 5.41. The Labute approximate surface area is 106 Å². The number of hydrogen-bond acceptors (Lipinski definition) is 1. The lowest BCUT2D eigenvalue weighted by molar-refractivity contribution is 0.202. The van der Waals surface area contributed by atoms with Crippen LogP contribution in [-0.4, -0.2) is 17.7 Å². The molecule has 0 fully saturated rings. The molecule has 0 aromatic heterocycles. The van der Waals surface area contributed by atoms with Crippen molar-refractivity contribution in [3.05, 3.63) is 26.8 Å². The number of hydrogen-bond donors (Lipinski definition) is 1. The van der Waals surface area contributed by atoms with E-state index >= 15 is 0 Å². The highest BCUT2D eigenvalue weighted by Crippen LogP contribution is 2.24. The second-order valence-corrected chi connectivity index (χ2v) is 4.24. The quantitative estimate of drug-likeness (QED) is 0.666. The minimum absolute atomic E-state index is 0.0209. The average Bonchev–Trinajstić information content (AvgIpc) is 2.18. The van der Waals surface area contributed by atoms with Crippen LogP contribution in [0.1, 0.15) is 0 Å². The van der Waals surface area contributed by atoms with Gasteiger partial charge in [-0.1, -0.05) is 17.5 Å². The Kier molecular flexibility index (Phi) is 4.24. The highest BCUT2D eigenvalue weighted by molar-refractivity contribution is 14.1. The second kappa shape index (κ2) is 5.24. The maximum Gasteiger partial charge on any atom is 0.412 e. The topological polar surface area (TPSA) is 40.5 Å². The van der Waals surface area contributed by atoms with Crippen LogP contribution >= 0.6 is 34.2 Å².